The quantitative estimate of drug-likeness (QED) is 0.801. The van der Waals surface area contributed by atoms with Gasteiger partial charge in [0.15, 0.2) is 0 Å². The minimum Gasteiger partial charge on any atom is -0.497 e. The zero-order chi connectivity index (χ0) is 17.0. The van der Waals surface area contributed by atoms with Gasteiger partial charge < -0.3 is 14.8 Å². The van der Waals surface area contributed by atoms with Gasteiger partial charge >= 0.3 is 0 Å². The molecule has 2 rings (SSSR count). The van der Waals surface area contributed by atoms with E-state index in [0.29, 0.717) is 13.0 Å². The summed E-state index contributed by atoms with van der Waals surface area (Å²) < 4.78 is 34.5. The van der Waals surface area contributed by atoms with E-state index in [2.05, 4.69) is 5.32 Å². The summed E-state index contributed by atoms with van der Waals surface area (Å²) in [5.74, 6) is 1.05. The van der Waals surface area contributed by atoms with Gasteiger partial charge in [-0.1, -0.05) is 6.07 Å². The van der Waals surface area contributed by atoms with Crippen molar-refractivity contribution in [3.8, 4) is 11.5 Å². The molecule has 1 atom stereocenters. The number of hydrogen-bond acceptors (Lipinski definition) is 5. The van der Waals surface area contributed by atoms with Crippen LogP contribution in [0, 0.1) is 5.92 Å². The third kappa shape index (κ3) is 4.59. The highest BCUT2D eigenvalue weighted by molar-refractivity contribution is 7.88. The molecule has 0 aromatic heterocycles. The Kier molecular flexibility index (Phi) is 5.48. The molecule has 23 heavy (non-hydrogen) atoms. The summed E-state index contributed by atoms with van der Waals surface area (Å²) in [7, 11) is -0.154. The molecule has 1 heterocycles. The Morgan fingerprint density at radius 3 is 2.87 bits per heavy atom. The van der Waals surface area contributed by atoms with Crippen molar-refractivity contribution in [1.82, 2.24) is 9.62 Å². The maximum atomic E-state index is 12.2. The van der Waals surface area contributed by atoms with Crippen LogP contribution >= 0.6 is 0 Å². The lowest BCUT2D eigenvalue weighted by Crippen LogP contribution is -2.41. The number of amides is 1. The first-order valence-electron chi connectivity index (χ1n) is 7.30. The molecule has 7 nitrogen and oxygen atoms in total. The molecule has 1 aromatic carbocycles. The predicted octanol–water partition coefficient (Wildman–Crippen LogP) is 0.254. The normalized spacial score (nSPS) is 17.3. The van der Waals surface area contributed by atoms with Gasteiger partial charge in [0, 0.05) is 26.2 Å². The number of nitrogens with zero attached hydrogens (tertiary/aromatic N) is 1. The van der Waals surface area contributed by atoms with Crippen molar-refractivity contribution >= 4 is 15.9 Å². The van der Waals surface area contributed by atoms with Crippen LogP contribution in [0.15, 0.2) is 18.2 Å². The van der Waals surface area contributed by atoms with Crippen molar-refractivity contribution in [2.24, 2.45) is 5.92 Å². The van der Waals surface area contributed by atoms with E-state index in [4.69, 9.17) is 9.47 Å². The van der Waals surface area contributed by atoms with Crippen LogP contribution in [-0.2, 0) is 21.2 Å². The Morgan fingerprint density at radius 1 is 1.48 bits per heavy atom. The van der Waals surface area contributed by atoms with Crippen LogP contribution in [0.2, 0.25) is 0 Å². The molecular formula is C15H22N2O5S. The summed E-state index contributed by atoms with van der Waals surface area (Å²) >= 11 is 0. The Bertz CT molecular complexity index is 674. The smallest absolute Gasteiger partial charge is 0.226 e. The maximum absolute atomic E-state index is 12.2. The van der Waals surface area contributed by atoms with Crippen molar-refractivity contribution in [2.45, 2.75) is 6.42 Å². The summed E-state index contributed by atoms with van der Waals surface area (Å²) in [5, 5.41) is 2.76. The molecule has 0 saturated heterocycles. The van der Waals surface area contributed by atoms with E-state index in [1.807, 2.05) is 18.2 Å². The lowest BCUT2D eigenvalue weighted by Gasteiger charge is -2.25. The monoisotopic (exact) mass is 342 g/mol. The molecule has 0 radical (unpaired) electrons. The van der Waals surface area contributed by atoms with Crippen LogP contribution in [0.1, 0.15) is 5.56 Å². The topological polar surface area (TPSA) is 84.9 Å². The fourth-order valence-electron chi connectivity index (χ4n) is 2.29. The third-order valence-corrected chi connectivity index (χ3v) is 5.16. The molecule has 0 aliphatic carbocycles. The molecule has 0 spiro atoms. The van der Waals surface area contributed by atoms with Gasteiger partial charge in [0.25, 0.3) is 0 Å². The molecule has 0 unspecified atom stereocenters. The molecule has 0 fully saturated rings. The van der Waals surface area contributed by atoms with E-state index in [1.54, 1.807) is 7.11 Å². The van der Waals surface area contributed by atoms with E-state index < -0.39 is 10.0 Å². The number of benzene rings is 1. The van der Waals surface area contributed by atoms with Crippen LogP contribution in [0.5, 0.6) is 11.5 Å². The highest BCUT2D eigenvalue weighted by Gasteiger charge is 2.26. The summed E-state index contributed by atoms with van der Waals surface area (Å²) in [5.41, 5.74) is 0.963. The van der Waals surface area contributed by atoms with E-state index in [1.165, 1.54) is 11.4 Å². The number of hydrogen-bond donors (Lipinski definition) is 1. The fraction of sp³-hybridized carbons (Fsp3) is 0.533. The van der Waals surface area contributed by atoms with Gasteiger partial charge in [0.2, 0.25) is 15.9 Å². The van der Waals surface area contributed by atoms with Crippen LogP contribution in [0.25, 0.3) is 0 Å². The second kappa shape index (κ2) is 7.18. The Hall–Kier alpha value is -1.80. The molecule has 1 amide bonds. The van der Waals surface area contributed by atoms with Crippen LogP contribution in [-0.4, -0.2) is 58.7 Å². The highest BCUT2D eigenvalue weighted by atomic mass is 32.2. The summed E-state index contributed by atoms with van der Waals surface area (Å²) in [6.45, 7) is 0.814. The molecule has 0 saturated carbocycles. The first-order chi connectivity index (χ1) is 10.8. The van der Waals surface area contributed by atoms with E-state index in [9.17, 15) is 13.2 Å². The predicted molar refractivity (Wildman–Crippen MR) is 86.2 cm³/mol. The average Bonchev–Trinajstić information content (AvgIpc) is 2.52. The largest absolute Gasteiger partial charge is 0.497 e. The molecule has 8 heteroatoms. The number of fused-ring (bicyclic) bond motifs is 1. The Labute approximate surface area is 136 Å². The second-order valence-corrected chi connectivity index (χ2v) is 7.65. The first kappa shape index (κ1) is 17.6. The van der Waals surface area contributed by atoms with E-state index in [-0.39, 0.29) is 24.9 Å². The van der Waals surface area contributed by atoms with Crippen LogP contribution < -0.4 is 14.8 Å². The summed E-state index contributed by atoms with van der Waals surface area (Å²) in [6, 6.07) is 5.54. The number of sulfonamides is 1. The molecule has 1 aliphatic heterocycles. The van der Waals surface area contributed by atoms with Gasteiger partial charge in [0.05, 0.1) is 19.3 Å². The summed E-state index contributed by atoms with van der Waals surface area (Å²) in [6.07, 6.45) is 1.72. The Morgan fingerprint density at radius 2 is 2.22 bits per heavy atom. The molecule has 1 N–H and O–H groups in total. The molecule has 1 aliphatic rings. The minimum atomic E-state index is -3.23. The van der Waals surface area contributed by atoms with Crippen molar-refractivity contribution in [3.63, 3.8) is 0 Å². The SMILES string of the molecule is COc1ccc2c(c1)OC[C@H](C(=O)NCCN(C)S(C)(=O)=O)C2. The van der Waals surface area contributed by atoms with Gasteiger partial charge in [-0.05, 0) is 18.1 Å². The number of carbonyl (C=O) groups is 1. The molecule has 0 bridgehead atoms. The molecular weight excluding hydrogens is 320 g/mol. The van der Waals surface area contributed by atoms with Crippen molar-refractivity contribution < 1.29 is 22.7 Å². The van der Waals surface area contributed by atoms with E-state index in [0.717, 1.165) is 23.3 Å². The van der Waals surface area contributed by atoms with Crippen LogP contribution in [0.4, 0.5) is 0 Å². The Balaban J connectivity index is 1.87. The fourth-order valence-corrected chi connectivity index (χ4v) is 2.72. The van der Waals surface area contributed by atoms with Gasteiger partial charge in [-0.2, -0.15) is 0 Å². The highest BCUT2D eigenvalue weighted by Crippen LogP contribution is 2.30. The molecule has 128 valence electrons. The minimum absolute atomic E-state index is 0.131. The van der Waals surface area contributed by atoms with Crippen molar-refractivity contribution in [2.75, 3.05) is 40.1 Å². The van der Waals surface area contributed by atoms with Crippen molar-refractivity contribution in [3.05, 3.63) is 23.8 Å². The van der Waals surface area contributed by atoms with Crippen molar-refractivity contribution in [1.29, 1.82) is 0 Å². The lowest BCUT2D eigenvalue weighted by atomic mass is 9.96. The zero-order valence-electron chi connectivity index (χ0n) is 13.5. The van der Waals surface area contributed by atoms with Crippen LogP contribution in [0.3, 0.4) is 0 Å². The maximum Gasteiger partial charge on any atom is 0.226 e. The van der Waals surface area contributed by atoms with Gasteiger partial charge in [0.1, 0.15) is 18.1 Å². The zero-order valence-corrected chi connectivity index (χ0v) is 14.4. The van der Waals surface area contributed by atoms with Gasteiger partial charge in [-0.3, -0.25) is 4.79 Å². The van der Waals surface area contributed by atoms with Gasteiger partial charge in [-0.25, -0.2) is 12.7 Å². The summed E-state index contributed by atoms with van der Waals surface area (Å²) in [4.78, 5) is 12.2. The number of carbonyl (C=O) groups excluding carboxylic acids is 1. The first-order valence-corrected chi connectivity index (χ1v) is 9.15. The number of rotatable bonds is 6. The lowest BCUT2D eigenvalue weighted by molar-refractivity contribution is -0.126. The average molecular weight is 342 g/mol. The number of nitrogens with one attached hydrogen (secondary N) is 1. The standard InChI is InChI=1S/C15H22N2O5S/c1-17(23(3,19)20)7-6-16-15(18)12-8-11-4-5-13(21-2)9-14(11)22-10-12/h4-5,9,12H,6-8,10H2,1-3H3,(H,16,18)/t12-/m1/s1. The van der Waals surface area contributed by atoms with E-state index >= 15 is 0 Å². The number of likely N-dealkylation sites (N-methyl/N-ethyl adjacent to an activating group) is 1. The third-order valence-electron chi connectivity index (χ3n) is 3.84. The second-order valence-electron chi connectivity index (χ2n) is 5.56. The van der Waals surface area contributed by atoms with Gasteiger partial charge in [-0.15, -0.1) is 0 Å². The molecule has 1 aromatic rings. The number of methoxy groups -OCH3 is 1. The number of ether oxygens (including phenoxy) is 2.